The Morgan fingerprint density at radius 1 is 1.42 bits per heavy atom. The smallest absolute Gasteiger partial charge is 0.207 e. The van der Waals surface area contributed by atoms with Crippen LogP contribution in [-0.2, 0) is 10.0 Å². The number of rotatable bonds is 3. The number of sulfonamides is 1. The highest BCUT2D eigenvalue weighted by Crippen LogP contribution is 2.37. The van der Waals surface area contributed by atoms with Gasteiger partial charge in [-0.1, -0.05) is 20.3 Å². The largest absolute Gasteiger partial charge is 0.244 e. The number of hydrogen-bond donors (Lipinski definition) is 0. The van der Waals surface area contributed by atoms with E-state index in [1.165, 1.54) is 11.3 Å². The van der Waals surface area contributed by atoms with Gasteiger partial charge in [0.25, 0.3) is 0 Å². The molecule has 2 heterocycles. The zero-order valence-electron chi connectivity index (χ0n) is 11.6. The molecule has 1 aromatic rings. The fourth-order valence-electron chi connectivity index (χ4n) is 2.45. The Balaban J connectivity index is 2.21. The van der Waals surface area contributed by atoms with Crippen molar-refractivity contribution in [2.24, 2.45) is 5.41 Å². The highest BCUT2D eigenvalue weighted by atomic mass is 79.9. The second-order valence-corrected chi connectivity index (χ2v) is 10.1. The molecule has 0 amide bonds. The summed E-state index contributed by atoms with van der Waals surface area (Å²) in [6.45, 7) is 7.58. The fraction of sp³-hybridized carbons (Fsp3) is 0.692. The Bertz CT molecular complexity index is 557. The Hall–Kier alpha value is 0.0900. The maximum absolute atomic E-state index is 12.6. The van der Waals surface area contributed by atoms with Gasteiger partial charge in [0.1, 0.15) is 0 Å². The van der Waals surface area contributed by atoms with Gasteiger partial charge in [0.05, 0.1) is 8.68 Å². The van der Waals surface area contributed by atoms with E-state index in [0.29, 0.717) is 23.4 Å². The van der Waals surface area contributed by atoms with Crippen LogP contribution in [0.5, 0.6) is 0 Å². The second kappa shape index (κ2) is 5.47. The third kappa shape index (κ3) is 3.06. The summed E-state index contributed by atoms with van der Waals surface area (Å²) < 4.78 is 27.8. The molecule has 0 bridgehead atoms. The van der Waals surface area contributed by atoms with Gasteiger partial charge in [-0.2, -0.15) is 4.31 Å². The van der Waals surface area contributed by atoms with Crippen molar-refractivity contribution in [2.75, 3.05) is 13.1 Å². The Morgan fingerprint density at radius 2 is 2.00 bits per heavy atom. The monoisotopic (exact) mass is 365 g/mol. The van der Waals surface area contributed by atoms with Crippen molar-refractivity contribution in [3.63, 3.8) is 0 Å². The maximum atomic E-state index is 12.6. The molecule has 1 saturated heterocycles. The number of halogens is 1. The Labute approximate surface area is 128 Å². The molecule has 2 rings (SSSR count). The van der Waals surface area contributed by atoms with Crippen LogP contribution in [0.15, 0.2) is 14.7 Å². The van der Waals surface area contributed by atoms with E-state index in [1.54, 1.807) is 10.4 Å². The number of aryl methyl sites for hydroxylation is 1. The van der Waals surface area contributed by atoms with Crippen LogP contribution < -0.4 is 0 Å². The normalized spacial score (nSPS) is 20.6. The quantitative estimate of drug-likeness (QED) is 0.810. The first-order valence-corrected chi connectivity index (χ1v) is 9.59. The van der Waals surface area contributed by atoms with Crippen LogP contribution in [0.4, 0.5) is 0 Å². The predicted molar refractivity (Wildman–Crippen MR) is 83.1 cm³/mol. The van der Waals surface area contributed by atoms with Crippen molar-refractivity contribution < 1.29 is 8.42 Å². The van der Waals surface area contributed by atoms with E-state index >= 15 is 0 Å². The summed E-state index contributed by atoms with van der Waals surface area (Å²) in [4.78, 5) is 1.32. The maximum Gasteiger partial charge on any atom is 0.244 e. The lowest BCUT2D eigenvalue weighted by Crippen LogP contribution is -2.41. The SMILES string of the molecule is CCC1(C)CCN(S(=O)(=O)c2cc(Br)sc2C)CC1. The van der Waals surface area contributed by atoms with Crippen LogP contribution in [0.2, 0.25) is 0 Å². The third-order valence-electron chi connectivity index (χ3n) is 4.24. The van der Waals surface area contributed by atoms with E-state index in [4.69, 9.17) is 0 Å². The van der Waals surface area contributed by atoms with Gasteiger partial charge in [-0.05, 0) is 47.2 Å². The van der Waals surface area contributed by atoms with Crippen molar-refractivity contribution >= 4 is 37.3 Å². The molecular weight excluding hydrogens is 346 g/mol. The summed E-state index contributed by atoms with van der Waals surface area (Å²) in [5.41, 5.74) is 0.302. The predicted octanol–water partition coefficient (Wildman–Crippen LogP) is 4.02. The van der Waals surface area contributed by atoms with E-state index in [2.05, 4.69) is 29.8 Å². The van der Waals surface area contributed by atoms with Crippen LogP contribution >= 0.6 is 27.3 Å². The minimum Gasteiger partial charge on any atom is -0.207 e. The molecule has 0 aliphatic carbocycles. The number of nitrogens with zero attached hydrogens (tertiary/aromatic N) is 1. The average molecular weight is 366 g/mol. The molecule has 6 heteroatoms. The van der Waals surface area contributed by atoms with Gasteiger partial charge in [-0.25, -0.2) is 8.42 Å². The van der Waals surface area contributed by atoms with Crippen molar-refractivity contribution in [2.45, 2.75) is 44.9 Å². The topological polar surface area (TPSA) is 37.4 Å². The first-order valence-electron chi connectivity index (χ1n) is 6.54. The van der Waals surface area contributed by atoms with Crippen molar-refractivity contribution in [1.82, 2.24) is 4.31 Å². The van der Waals surface area contributed by atoms with Crippen LogP contribution in [0.3, 0.4) is 0 Å². The van der Waals surface area contributed by atoms with Crippen molar-refractivity contribution in [3.8, 4) is 0 Å². The third-order valence-corrected chi connectivity index (χ3v) is 7.95. The van der Waals surface area contributed by atoms with Crippen LogP contribution in [0, 0.1) is 12.3 Å². The number of hydrogen-bond acceptors (Lipinski definition) is 3. The first-order chi connectivity index (χ1) is 8.78. The molecule has 0 spiro atoms. The van der Waals surface area contributed by atoms with E-state index in [-0.39, 0.29) is 0 Å². The molecule has 0 atom stereocenters. The Morgan fingerprint density at radius 3 is 2.42 bits per heavy atom. The highest BCUT2D eigenvalue weighted by Gasteiger charge is 2.35. The van der Waals surface area contributed by atoms with E-state index < -0.39 is 10.0 Å². The molecule has 1 aliphatic rings. The summed E-state index contributed by atoms with van der Waals surface area (Å²) in [7, 11) is -3.32. The van der Waals surface area contributed by atoms with Gasteiger partial charge in [-0.15, -0.1) is 11.3 Å². The Kier molecular flexibility index (Phi) is 4.45. The fourth-order valence-corrected chi connectivity index (χ4v) is 6.27. The van der Waals surface area contributed by atoms with Gasteiger partial charge >= 0.3 is 0 Å². The summed E-state index contributed by atoms with van der Waals surface area (Å²) in [5.74, 6) is 0. The van der Waals surface area contributed by atoms with Gasteiger partial charge in [0.2, 0.25) is 10.0 Å². The molecular formula is C13H20BrNO2S2. The molecule has 19 heavy (non-hydrogen) atoms. The van der Waals surface area contributed by atoms with Crippen molar-refractivity contribution in [3.05, 3.63) is 14.7 Å². The molecule has 1 aliphatic heterocycles. The van der Waals surface area contributed by atoms with Crippen molar-refractivity contribution in [1.29, 1.82) is 0 Å². The molecule has 0 unspecified atom stereocenters. The van der Waals surface area contributed by atoms with E-state index in [9.17, 15) is 8.42 Å². The lowest BCUT2D eigenvalue weighted by Gasteiger charge is -2.38. The zero-order valence-corrected chi connectivity index (χ0v) is 14.8. The molecule has 108 valence electrons. The lowest BCUT2D eigenvalue weighted by atomic mass is 9.79. The minimum absolute atomic E-state index is 0.302. The highest BCUT2D eigenvalue weighted by molar-refractivity contribution is 9.11. The lowest BCUT2D eigenvalue weighted by molar-refractivity contribution is 0.169. The first kappa shape index (κ1) is 15.5. The van der Waals surface area contributed by atoms with E-state index in [0.717, 1.165) is 27.9 Å². The summed E-state index contributed by atoms with van der Waals surface area (Å²) in [5, 5.41) is 0. The minimum atomic E-state index is -3.32. The molecule has 3 nitrogen and oxygen atoms in total. The summed E-state index contributed by atoms with van der Waals surface area (Å²) in [6, 6.07) is 1.73. The van der Waals surface area contributed by atoms with Crippen LogP contribution in [0.1, 0.15) is 38.0 Å². The average Bonchev–Trinajstić information content (AvgIpc) is 2.70. The van der Waals surface area contributed by atoms with Gasteiger partial charge < -0.3 is 0 Å². The zero-order chi connectivity index (χ0) is 14.3. The molecule has 0 radical (unpaired) electrons. The van der Waals surface area contributed by atoms with Crippen LogP contribution in [0.25, 0.3) is 0 Å². The molecule has 0 saturated carbocycles. The molecule has 0 N–H and O–H groups in total. The van der Waals surface area contributed by atoms with Crippen LogP contribution in [-0.4, -0.2) is 25.8 Å². The molecule has 1 aromatic heterocycles. The van der Waals surface area contributed by atoms with E-state index in [1.807, 2.05) is 6.92 Å². The second-order valence-electron chi connectivity index (χ2n) is 5.54. The summed E-state index contributed by atoms with van der Waals surface area (Å²) in [6.07, 6.45) is 3.02. The summed E-state index contributed by atoms with van der Waals surface area (Å²) >= 11 is 4.84. The standard InChI is InChI=1S/C13H20BrNO2S2/c1-4-13(3)5-7-15(8-6-13)19(16,17)11-9-12(14)18-10(11)2/h9H,4-8H2,1-3H3. The van der Waals surface area contributed by atoms with Gasteiger partial charge in [0, 0.05) is 18.0 Å². The van der Waals surface area contributed by atoms with Gasteiger partial charge in [-0.3, -0.25) is 0 Å². The molecule has 1 fully saturated rings. The van der Waals surface area contributed by atoms with Gasteiger partial charge in [0.15, 0.2) is 0 Å². The number of thiophene rings is 1. The number of piperidine rings is 1. The molecule has 0 aromatic carbocycles.